The van der Waals surface area contributed by atoms with Crippen molar-refractivity contribution in [2.75, 3.05) is 0 Å². The fourth-order valence-electron chi connectivity index (χ4n) is 1.22. The highest BCUT2D eigenvalue weighted by molar-refractivity contribution is 7.71. The van der Waals surface area contributed by atoms with E-state index in [-0.39, 0.29) is 0 Å². The Kier molecular flexibility index (Phi) is 1.70. The monoisotopic (exact) mass is 198 g/mol. The van der Waals surface area contributed by atoms with Crippen LogP contribution >= 0.6 is 23.8 Å². The SMILES string of the molecule is Cn1c(=S)[nH]c2c(Cl)cccc21. The van der Waals surface area contributed by atoms with Crippen molar-refractivity contribution < 1.29 is 0 Å². The van der Waals surface area contributed by atoms with Crippen LogP contribution < -0.4 is 0 Å². The Labute approximate surface area is 79.8 Å². The number of aryl methyl sites for hydroxylation is 1. The van der Waals surface area contributed by atoms with Gasteiger partial charge in [0, 0.05) is 7.05 Å². The number of fused-ring (bicyclic) bond motifs is 1. The van der Waals surface area contributed by atoms with Crippen molar-refractivity contribution in [2.45, 2.75) is 0 Å². The molecule has 0 fully saturated rings. The van der Waals surface area contributed by atoms with Gasteiger partial charge in [-0.25, -0.2) is 0 Å². The van der Waals surface area contributed by atoms with Gasteiger partial charge in [-0.05, 0) is 24.4 Å². The molecule has 0 aliphatic heterocycles. The van der Waals surface area contributed by atoms with Gasteiger partial charge in [0.05, 0.1) is 16.1 Å². The minimum atomic E-state index is 0.693. The molecule has 0 saturated heterocycles. The summed E-state index contributed by atoms with van der Waals surface area (Å²) in [5.41, 5.74) is 1.94. The molecule has 1 aromatic carbocycles. The molecule has 12 heavy (non-hydrogen) atoms. The maximum atomic E-state index is 5.95. The van der Waals surface area contributed by atoms with E-state index >= 15 is 0 Å². The van der Waals surface area contributed by atoms with E-state index in [0.717, 1.165) is 11.0 Å². The van der Waals surface area contributed by atoms with Crippen LogP contribution in [0.5, 0.6) is 0 Å². The molecule has 1 N–H and O–H groups in total. The number of para-hydroxylation sites is 1. The summed E-state index contributed by atoms with van der Waals surface area (Å²) in [6, 6.07) is 5.73. The molecule has 2 rings (SSSR count). The lowest BCUT2D eigenvalue weighted by atomic mass is 10.3. The summed E-state index contributed by atoms with van der Waals surface area (Å²) in [6.07, 6.45) is 0. The summed E-state index contributed by atoms with van der Waals surface area (Å²) in [7, 11) is 1.91. The molecule has 0 amide bonds. The summed E-state index contributed by atoms with van der Waals surface area (Å²) in [6.45, 7) is 0. The Morgan fingerprint density at radius 2 is 2.25 bits per heavy atom. The first kappa shape index (κ1) is 7.83. The van der Waals surface area contributed by atoms with Gasteiger partial charge in [-0.3, -0.25) is 0 Å². The summed E-state index contributed by atoms with van der Waals surface area (Å²) < 4.78 is 2.59. The number of rotatable bonds is 0. The second kappa shape index (κ2) is 2.61. The Balaban J connectivity index is 3.05. The van der Waals surface area contributed by atoms with E-state index < -0.39 is 0 Å². The molecular weight excluding hydrogens is 192 g/mol. The summed E-state index contributed by atoms with van der Waals surface area (Å²) in [5, 5.41) is 0.708. The highest BCUT2D eigenvalue weighted by Crippen LogP contribution is 2.21. The van der Waals surface area contributed by atoms with Crippen LogP contribution in [0, 0.1) is 4.77 Å². The van der Waals surface area contributed by atoms with Gasteiger partial charge in [0.1, 0.15) is 0 Å². The highest BCUT2D eigenvalue weighted by Gasteiger charge is 2.02. The van der Waals surface area contributed by atoms with Crippen molar-refractivity contribution in [3.05, 3.63) is 28.0 Å². The van der Waals surface area contributed by atoms with Gasteiger partial charge in [0.2, 0.25) is 0 Å². The van der Waals surface area contributed by atoms with Crippen LogP contribution in [0.2, 0.25) is 5.02 Å². The van der Waals surface area contributed by atoms with Crippen molar-refractivity contribution in [3.63, 3.8) is 0 Å². The van der Waals surface area contributed by atoms with E-state index in [2.05, 4.69) is 4.98 Å². The number of nitrogens with zero attached hydrogens (tertiary/aromatic N) is 1. The first-order valence-corrected chi connectivity index (χ1v) is 4.32. The van der Waals surface area contributed by atoms with Crippen LogP contribution in [0.1, 0.15) is 0 Å². The molecule has 0 saturated carbocycles. The lowest BCUT2D eigenvalue weighted by Crippen LogP contribution is -1.85. The zero-order valence-electron chi connectivity index (χ0n) is 6.47. The number of hydrogen-bond acceptors (Lipinski definition) is 1. The molecule has 4 heteroatoms. The van der Waals surface area contributed by atoms with Crippen LogP contribution in [0.15, 0.2) is 18.2 Å². The molecule has 0 radical (unpaired) electrons. The van der Waals surface area contributed by atoms with Crippen LogP contribution in [0.3, 0.4) is 0 Å². The second-order valence-electron chi connectivity index (χ2n) is 2.62. The smallest absolute Gasteiger partial charge is 0.177 e. The average Bonchev–Trinajstić information content (AvgIpc) is 2.32. The van der Waals surface area contributed by atoms with Crippen molar-refractivity contribution in [1.29, 1.82) is 0 Å². The molecule has 2 aromatic rings. The van der Waals surface area contributed by atoms with E-state index in [1.807, 2.05) is 29.8 Å². The molecule has 0 spiro atoms. The molecule has 1 heterocycles. The molecule has 0 atom stereocenters. The average molecular weight is 199 g/mol. The van der Waals surface area contributed by atoms with Crippen LogP contribution in [0.25, 0.3) is 11.0 Å². The maximum Gasteiger partial charge on any atom is 0.177 e. The van der Waals surface area contributed by atoms with Gasteiger partial charge in [0.15, 0.2) is 4.77 Å². The molecule has 0 unspecified atom stereocenters. The molecule has 1 aromatic heterocycles. The minimum absolute atomic E-state index is 0.693. The number of imidazole rings is 1. The summed E-state index contributed by atoms with van der Waals surface area (Å²) in [5.74, 6) is 0. The third-order valence-corrected chi connectivity index (χ3v) is 2.58. The van der Waals surface area contributed by atoms with Crippen molar-refractivity contribution in [2.24, 2.45) is 7.05 Å². The van der Waals surface area contributed by atoms with E-state index in [4.69, 9.17) is 23.8 Å². The Morgan fingerprint density at radius 3 is 2.92 bits per heavy atom. The van der Waals surface area contributed by atoms with E-state index in [1.54, 1.807) is 0 Å². The van der Waals surface area contributed by atoms with Crippen molar-refractivity contribution in [1.82, 2.24) is 9.55 Å². The third-order valence-electron chi connectivity index (χ3n) is 1.89. The lowest BCUT2D eigenvalue weighted by molar-refractivity contribution is 0.927. The van der Waals surface area contributed by atoms with Crippen molar-refractivity contribution >= 4 is 34.9 Å². The predicted molar refractivity (Wildman–Crippen MR) is 53.1 cm³/mol. The van der Waals surface area contributed by atoms with Crippen LogP contribution in [-0.4, -0.2) is 9.55 Å². The van der Waals surface area contributed by atoms with Gasteiger partial charge < -0.3 is 9.55 Å². The Bertz CT molecular complexity index is 483. The van der Waals surface area contributed by atoms with Gasteiger partial charge in [0.25, 0.3) is 0 Å². The maximum absolute atomic E-state index is 5.95. The van der Waals surface area contributed by atoms with Gasteiger partial charge in [-0.1, -0.05) is 17.7 Å². The Morgan fingerprint density at radius 1 is 1.50 bits per heavy atom. The predicted octanol–water partition coefficient (Wildman–Crippen LogP) is 2.89. The summed E-state index contributed by atoms with van der Waals surface area (Å²) in [4.78, 5) is 3.04. The largest absolute Gasteiger partial charge is 0.329 e. The topological polar surface area (TPSA) is 20.7 Å². The van der Waals surface area contributed by atoms with E-state index in [9.17, 15) is 0 Å². The second-order valence-corrected chi connectivity index (χ2v) is 3.42. The standard InChI is InChI=1S/C8H7ClN2S/c1-11-6-4-2-3-5(9)7(6)10-8(11)12/h2-4H,1H3,(H,10,12). The highest BCUT2D eigenvalue weighted by atomic mass is 35.5. The van der Waals surface area contributed by atoms with Gasteiger partial charge >= 0.3 is 0 Å². The molecular formula is C8H7ClN2S. The molecule has 62 valence electrons. The van der Waals surface area contributed by atoms with Crippen LogP contribution in [0.4, 0.5) is 0 Å². The zero-order valence-corrected chi connectivity index (χ0v) is 8.04. The molecule has 0 aliphatic carbocycles. The molecule has 2 nitrogen and oxygen atoms in total. The van der Waals surface area contributed by atoms with E-state index in [0.29, 0.717) is 9.79 Å². The van der Waals surface area contributed by atoms with Gasteiger partial charge in [-0.2, -0.15) is 0 Å². The quantitative estimate of drug-likeness (QED) is 0.646. The number of hydrogen-bond donors (Lipinski definition) is 1. The third kappa shape index (κ3) is 0.974. The fraction of sp³-hybridized carbons (Fsp3) is 0.125. The first-order chi connectivity index (χ1) is 5.70. The normalized spacial score (nSPS) is 10.8. The first-order valence-electron chi connectivity index (χ1n) is 3.53. The fourth-order valence-corrected chi connectivity index (χ4v) is 1.63. The zero-order chi connectivity index (χ0) is 8.72. The minimum Gasteiger partial charge on any atom is -0.329 e. The van der Waals surface area contributed by atoms with Gasteiger partial charge in [-0.15, -0.1) is 0 Å². The number of halogens is 1. The Hall–Kier alpha value is -0.800. The van der Waals surface area contributed by atoms with E-state index in [1.165, 1.54) is 0 Å². The van der Waals surface area contributed by atoms with Crippen LogP contribution in [-0.2, 0) is 7.05 Å². The number of aromatic amines is 1. The molecule has 0 bridgehead atoms. The number of H-pyrrole nitrogens is 1. The number of benzene rings is 1. The lowest BCUT2D eigenvalue weighted by Gasteiger charge is -1.93. The molecule has 0 aliphatic rings. The number of aromatic nitrogens is 2. The number of nitrogens with one attached hydrogen (secondary N) is 1. The van der Waals surface area contributed by atoms with Crippen molar-refractivity contribution in [3.8, 4) is 0 Å². The summed E-state index contributed by atoms with van der Waals surface area (Å²) >= 11 is 11.0.